The van der Waals surface area contributed by atoms with E-state index >= 15 is 0 Å². The van der Waals surface area contributed by atoms with Gasteiger partial charge in [0.15, 0.2) is 0 Å². The highest BCUT2D eigenvalue weighted by Crippen LogP contribution is 2.23. The molecule has 0 unspecified atom stereocenters. The van der Waals surface area contributed by atoms with Crippen molar-refractivity contribution in [3.8, 4) is 0 Å². The van der Waals surface area contributed by atoms with E-state index in [4.69, 9.17) is 4.42 Å². The molecule has 0 fully saturated rings. The molecule has 0 aliphatic rings. The number of unbranched alkanes of at least 4 members (excludes halogenated alkanes) is 1. The zero-order chi connectivity index (χ0) is 11.1. The van der Waals surface area contributed by atoms with Gasteiger partial charge in [0.2, 0.25) is 0 Å². The lowest BCUT2D eigenvalue weighted by Crippen LogP contribution is -2.23. The van der Waals surface area contributed by atoms with E-state index in [-0.39, 0.29) is 0 Å². The lowest BCUT2D eigenvalue weighted by molar-refractivity contribution is 0.527. The predicted octanol–water partition coefficient (Wildman–Crippen LogP) is 3.46. The minimum Gasteiger partial charge on any atom is -0.468 e. The van der Waals surface area contributed by atoms with Crippen LogP contribution in [-0.2, 0) is 0 Å². The number of aryl methyl sites for hydroxylation is 1. The summed E-state index contributed by atoms with van der Waals surface area (Å²) in [6.45, 7) is 7.51. The van der Waals surface area contributed by atoms with Gasteiger partial charge in [-0.25, -0.2) is 0 Å². The van der Waals surface area contributed by atoms with Crippen LogP contribution in [0.15, 0.2) is 21.6 Å². The summed E-state index contributed by atoms with van der Waals surface area (Å²) in [6.07, 6.45) is 4.27. The van der Waals surface area contributed by atoms with E-state index in [9.17, 15) is 0 Å². The van der Waals surface area contributed by atoms with Crippen molar-refractivity contribution in [2.24, 2.45) is 0 Å². The van der Waals surface area contributed by atoms with Gasteiger partial charge in [-0.2, -0.15) is 0 Å². The molecule has 0 aromatic carbocycles. The highest BCUT2D eigenvalue weighted by atomic mass is 32.2. The molecular weight excluding hydrogens is 206 g/mol. The minimum atomic E-state index is 0.605. The Morgan fingerprint density at radius 1 is 1.40 bits per heavy atom. The molecule has 1 aromatic heterocycles. The van der Waals surface area contributed by atoms with Crippen molar-refractivity contribution in [3.05, 3.63) is 18.1 Å². The largest absolute Gasteiger partial charge is 0.468 e. The third kappa shape index (κ3) is 5.28. The molecule has 1 heterocycles. The Morgan fingerprint density at radius 2 is 2.20 bits per heavy atom. The maximum atomic E-state index is 5.24. The van der Waals surface area contributed by atoms with Gasteiger partial charge in [-0.05, 0) is 38.1 Å². The average Bonchev–Trinajstić information content (AvgIpc) is 2.57. The summed E-state index contributed by atoms with van der Waals surface area (Å²) >= 11 is 1.89. The Balaban J connectivity index is 2.00. The third-order valence-corrected chi connectivity index (χ3v) is 3.42. The van der Waals surface area contributed by atoms with E-state index in [1.165, 1.54) is 23.5 Å². The molecule has 0 radical (unpaired) electrons. The lowest BCUT2D eigenvalue weighted by atomic mass is 10.3. The summed E-state index contributed by atoms with van der Waals surface area (Å²) in [5, 5.41) is 3.42. The van der Waals surface area contributed by atoms with Crippen LogP contribution in [0.4, 0.5) is 0 Å². The summed E-state index contributed by atoms with van der Waals surface area (Å²) in [5.41, 5.74) is 0. The van der Waals surface area contributed by atoms with Gasteiger partial charge in [-0.15, -0.1) is 11.8 Å². The second-order valence-corrected chi connectivity index (χ2v) is 5.14. The molecule has 1 rings (SSSR count). The number of hydrogen-bond acceptors (Lipinski definition) is 3. The van der Waals surface area contributed by atoms with Crippen LogP contribution in [0.3, 0.4) is 0 Å². The van der Waals surface area contributed by atoms with Gasteiger partial charge in [0, 0.05) is 10.9 Å². The zero-order valence-electron chi connectivity index (χ0n) is 9.88. The van der Waals surface area contributed by atoms with Crippen molar-refractivity contribution in [3.63, 3.8) is 0 Å². The van der Waals surface area contributed by atoms with E-state index < -0.39 is 0 Å². The summed E-state index contributed by atoms with van der Waals surface area (Å²) in [7, 11) is 0. The molecule has 0 aliphatic carbocycles. The summed E-state index contributed by atoms with van der Waals surface area (Å²) < 4.78 is 5.24. The van der Waals surface area contributed by atoms with Crippen molar-refractivity contribution in [2.45, 2.75) is 44.6 Å². The van der Waals surface area contributed by atoms with Crippen molar-refractivity contribution in [1.82, 2.24) is 5.32 Å². The van der Waals surface area contributed by atoms with Crippen LogP contribution in [0, 0.1) is 6.92 Å². The number of rotatable bonds is 7. The predicted molar refractivity (Wildman–Crippen MR) is 66.5 cm³/mol. The highest BCUT2D eigenvalue weighted by molar-refractivity contribution is 7.99. The van der Waals surface area contributed by atoms with Gasteiger partial charge < -0.3 is 9.73 Å². The first kappa shape index (κ1) is 12.7. The Hall–Kier alpha value is -0.410. The van der Waals surface area contributed by atoms with Crippen LogP contribution in [0.5, 0.6) is 0 Å². The first-order valence-electron chi connectivity index (χ1n) is 5.60. The molecule has 0 amide bonds. The van der Waals surface area contributed by atoms with E-state index in [1.54, 1.807) is 6.26 Å². The van der Waals surface area contributed by atoms with Crippen LogP contribution in [0.1, 0.15) is 32.4 Å². The van der Waals surface area contributed by atoms with Gasteiger partial charge >= 0.3 is 0 Å². The molecule has 0 bridgehead atoms. The van der Waals surface area contributed by atoms with Crippen molar-refractivity contribution in [2.75, 3.05) is 12.3 Å². The molecule has 3 heteroatoms. The number of hydrogen-bond donors (Lipinski definition) is 1. The summed E-state index contributed by atoms with van der Waals surface area (Å²) in [6, 6.07) is 2.65. The number of thioether (sulfide) groups is 1. The fourth-order valence-electron chi connectivity index (χ4n) is 1.32. The molecule has 0 atom stereocenters. The molecule has 0 aliphatic heterocycles. The zero-order valence-corrected chi connectivity index (χ0v) is 10.7. The molecule has 0 saturated heterocycles. The van der Waals surface area contributed by atoms with Gasteiger partial charge in [0.25, 0.3) is 0 Å². The highest BCUT2D eigenvalue weighted by Gasteiger charge is 2.00. The maximum Gasteiger partial charge on any atom is 0.114 e. The molecule has 15 heavy (non-hydrogen) atoms. The lowest BCUT2D eigenvalue weighted by Gasteiger charge is -2.07. The average molecular weight is 227 g/mol. The van der Waals surface area contributed by atoms with Gasteiger partial charge in [-0.1, -0.05) is 13.8 Å². The first-order chi connectivity index (χ1) is 7.20. The van der Waals surface area contributed by atoms with E-state index in [1.807, 2.05) is 24.8 Å². The summed E-state index contributed by atoms with van der Waals surface area (Å²) in [5.74, 6) is 2.22. The quantitative estimate of drug-likeness (QED) is 0.570. The fourth-order valence-corrected chi connectivity index (χ4v) is 2.29. The molecule has 2 nitrogen and oxygen atoms in total. The van der Waals surface area contributed by atoms with Gasteiger partial charge in [0.05, 0.1) is 6.26 Å². The van der Waals surface area contributed by atoms with Crippen molar-refractivity contribution < 1.29 is 4.42 Å². The van der Waals surface area contributed by atoms with Gasteiger partial charge in [-0.3, -0.25) is 0 Å². The Morgan fingerprint density at radius 3 is 2.80 bits per heavy atom. The smallest absolute Gasteiger partial charge is 0.114 e. The van der Waals surface area contributed by atoms with Crippen molar-refractivity contribution >= 4 is 11.8 Å². The maximum absolute atomic E-state index is 5.24. The third-order valence-electron chi connectivity index (χ3n) is 2.19. The van der Waals surface area contributed by atoms with Crippen molar-refractivity contribution in [1.29, 1.82) is 0 Å². The van der Waals surface area contributed by atoms with Crippen LogP contribution >= 0.6 is 11.8 Å². The topological polar surface area (TPSA) is 25.2 Å². The van der Waals surface area contributed by atoms with Crippen LogP contribution in [0.2, 0.25) is 0 Å². The molecular formula is C12H21NOS. The van der Waals surface area contributed by atoms with E-state index in [0.29, 0.717) is 6.04 Å². The Labute approximate surface area is 96.8 Å². The number of furan rings is 1. The van der Waals surface area contributed by atoms with E-state index in [2.05, 4.69) is 19.2 Å². The Bertz CT molecular complexity index is 270. The fraction of sp³-hybridized carbons (Fsp3) is 0.667. The second-order valence-electron chi connectivity index (χ2n) is 4.01. The molecule has 0 saturated carbocycles. The first-order valence-corrected chi connectivity index (χ1v) is 6.59. The molecule has 86 valence electrons. The van der Waals surface area contributed by atoms with E-state index in [0.717, 1.165) is 12.3 Å². The van der Waals surface area contributed by atoms with Crippen LogP contribution in [0.25, 0.3) is 0 Å². The van der Waals surface area contributed by atoms with Crippen LogP contribution in [-0.4, -0.2) is 18.3 Å². The normalized spacial score (nSPS) is 11.2. The molecule has 0 spiro atoms. The molecule has 1 aromatic rings. The Kier molecular flexibility index (Phi) is 5.88. The monoisotopic (exact) mass is 227 g/mol. The SMILES string of the molecule is Cc1occc1SCCCCNC(C)C. The van der Waals surface area contributed by atoms with Gasteiger partial charge in [0.1, 0.15) is 5.76 Å². The minimum absolute atomic E-state index is 0.605. The number of nitrogens with one attached hydrogen (secondary N) is 1. The molecule has 1 N–H and O–H groups in total. The second kappa shape index (κ2) is 6.96. The van der Waals surface area contributed by atoms with Crippen LogP contribution < -0.4 is 5.32 Å². The summed E-state index contributed by atoms with van der Waals surface area (Å²) in [4.78, 5) is 1.28. The standard InChI is InChI=1S/C12H21NOS/c1-10(2)13-7-4-5-9-15-12-6-8-14-11(12)3/h6,8,10,13H,4-5,7,9H2,1-3H3.